The van der Waals surface area contributed by atoms with Gasteiger partial charge < -0.3 is 10.1 Å². The summed E-state index contributed by atoms with van der Waals surface area (Å²) >= 11 is 0. The molecule has 1 aromatic heterocycles. The second-order valence-corrected chi connectivity index (χ2v) is 8.01. The minimum Gasteiger partial charge on any atom is -0.381 e. The zero-order chi connectivity index (χ0) is 18.5. The van der Waals surface area contributed by atoms with E-state index >= 15 is 0 Å². The molecule has 4 rings (SSSR count). The summed E-state index contributed by atoms with van der Waals surface area (Å²) < 4.78 is 7.67. The number of aryl methyl sites for hydroxylation is 1. The number of aromatic nitrogens is 2. The lowest BCUT2D eigenvalue weighted by Crippen LogP contribution is -2.59. The van der Waals surface area contributed by atoms with Crippen LogP contribution in [0.3, 0.4) is 0 Å². The van der Waals surface area contributed by atoms with Gasteiger partial charge in [-0.15, -0.1) is 0 Å². The summed E-state index contributed by atoms with van der Waals surface area (Å²) in [5.74, 6) is 0. The van der Waals surface area contributed by atoms with Crippen LogP contribution in [0.25, 0.3) is 5.69 Å². The van der Waals surface area contributed by atoms with E-state index in [2.05, 4.69) is 47.6 Å². The molecule has 2 aliphatic rings. The molecule has 0 amide bonds. The SMILES string of the molecule is Cc1nn(-c2ccccc2)cc1CNCC1(N2CCCCC2)CCOCC1. The number of nitrogens with one attached hydrogen (secondary N) is 1. The molecular weight excluding hydrogens is 336 g/mol. The third kappa shape index (κ3) is 4.26. The van der Waals surface area contributed by atoms with Crippen molar-refractivity contribution in [3.63, 3.8) is 0 Å². The number of benzene rings is 1. The van der Waals surface area contributed by atoms with Crippen molar-refractivity contribution in [1.29, 1.82) is 0 Å². The van der Waals surface area contributed by atoms with Crippen molar-refractivity contribution in [3.05, 3.63) is 47.8 Å². The minimum atomic E-state index is 0.266. The summed E-state index contributed by atoms with van der Waals surface area (Å²) in [7, 11) is 0. The second kappa shape index (κ2) is 8.55. The van der Waals surface area contributed by atoms with Gasteiger partial charge in [-0.3, -0.25) is 4.90 Å². The number of nitrogens with zero attached hydrogens (tertiary/aromatic N) is 3. The van der Waals surface area contributed by atoms with Crippen molar-refractivity contribution in [2.45, 2.75) is 51.1 Å². The Morgan fingerprint density at radius 2 is 1.81 bits per heavy atom. The van der Waals surface area contributed by atoms with E-state index in [1.807, 2.05) is 10.7 Å². The van der Waals surface area contributed by atoms with Gasteiger partial charge in [-0.25, -0.2) is 4.68 Å². The van der Waals surface area contributed by atoms with Gasteiger partial charge in [-0.2, -0.15) is 5.10 Å². The van der Waals surface area contributed by atoms with Gasteiger partial charge in [0, 0.05) is 43.6 Å². The molecule has 0 aliphatic carbocycles. The van der Waals surface area contributed by atoms with Gasteiger partial charge in [0.25, 0.3) is 0 Å². The highest BCUT2D eigenvalue weighted by Crippen LogP contribution is 2.30. The standard InChI is InChI=1S/C22H32N4O/c1-19-20(17-26(24-19)21-8-4-2-5-9-21)16-23-18-22(10-14-27-15-11-22)25-12-6-3-7-13-25/h2,4-5,8-9,17,23H,3,6-7,10-16,18H2,1H3. The van der Waals surface area contributed by atoms with E-state index in [4.69, 9.17) is 9.84 Å². The fraction of sp³-hybridized carbons (Fsp3) is 0.591. The molecular formula is C22H32N4O. The Labute approximate surface area is 162 Å². The summed E-state index contributed by atoms with van der Waals surface area (Å²) in [6.45, 7) is 8.28. The van der Waals surface area contributed by atoms with Gasteiger partial charge in [-0.1, -0.05) is 24.6 Å². The molecule has 0 radical (unpaired) electrons. The number of likely N-dealkylation sites (tertiary alicyclic amines) is 1. The molecule has 5 nitrogen and oxygen atoms in total. The molecule has 2 aromatic rings. The summed E-state index contributed by atoms with van der Waals surface area (Å²) in [6, 6.07) is 10.3. The molecule has 2 fully saturated rings. The van der Waals surface area contributed by atoms with E-state index in [9.17, 15) is 0 Å². The van der Waals surface area contributed by atoms with Crippen LogP contribution in [0.4, 0.5) is 0 Å². The quantitative estimate of drug-likeness (QED) is 0.849. The van der Waals surface area contributed by atoms with Crippen LogP contribution in [0.2, 0.25) is 0 Å². The van der Waals surface area contributed by atoms with Gasteiger partial charge in [0.15, 0.2) is 0 Å². The van der Waals surface area contributed by atoms with Crippen molar-refractivity contribution in [2.24, 2.45) is 0 Å². The molecule has 3 heterocycles. The predicted octanol–water partition coefficient (Wildman–Crippen LogP) is 3.31. The molecule has 2 aliphatic heterocycles. The average molecular weight is 369 g/mol. The van der Waals surface area contributed by atoms with E-state index in [0.29, 0.717) is 0 Å². The third-order valence-electron chi connectivity index (χ3n) is 6.24. The Balaban J connectivity index is 1.41. The van der Waals surface area contributed by atoms with Crippen LogP contribution in [-0.4, -0.2) is 53.1 Å². The molecule has 5 heteroatoms. The highest BCUT2D eigenvalue weighted by atomic mass is 16.5. The first-order valence-corrected chi connectivity index (χ1v) is 10.4. The summed E-state index contributed by atoms with van der Waals surface area (Å²) in [6.07, 6.45) is 8.51. The Bertz CT molecular complexity index is 715. The van der Waals surface area contributed by atoms with E-state index < -0.39 is 0 Å². The number of piperidine rings is 1. The first-order chi connectivity index (χ1) is 13.3. The van der Waals surface area contributed by atoms with Crippen LogP contribution >= 0.6 is 0 Å². The lowest BCUT2D eigenvalue weighted by Gasteiger charge is -2.48. The van der Waals surface area contributed by atoms with Crippen molar-refractivity contribution >= 4 is 0 Å². The molecule has 1 N–H and O–H groups in total. The van der Waals surface area contributed by atoms with Gasteiger partial charge in [0.2, 0.25) is 0 Å². The monoisotopic (exact) mass is 368 g/mol. The van der Waals surface area contributed by atoms with Crippen LogP contribution in [0.1, 0.15) is 43.4 Å². The Kier molecular flexibility index (Phi) is 5.91. The third-order valence-corrected chi connectivity index (χ3v) is 6.24. The first-order valence-electron chi connectivity index (χ1n) is 10.4. The van der Waals surface area contributed by atoms with E-state index in [0.717, 1.165) is 50.5 Å². The number of ether oxygens (including phenoxy) is 1. The van der Waals surface area contributed by atoms with Gasteiger partial charge in [0.1, 0.15) is 0 Å². The van der Waals surface area contributed by atoms with Crippen molar-refractivity contribution in [1.82, 2.24) is 20.0 Å². The number of hydrogen-bond acceptors (Lipinski definition) is 4. The van der Waals surface area contributed by atoms with E-state index in [-0.39, 0.29) is 5.54 Å². The number of para-hydroxylation sites is 1. The molecule has 27 heavy (non-hydrogen) atoms. The Morgan fingerprint density at radius 3 is 2.56 bits per heavy atom. The lowest BCUT2D eigenvalue weighted by atomic mass is 9.86. The van der Waals surface area contributed by atoms with Gasteiger partial charge in [0.05, 0.1) is 11.4 Å². The zero-order valence-electron chi connectivity index (χ0n) is 16.5. The summed E-state index contributed by atoms with van der Waals surface area (Å²) in [5.41, 5.74) is 3.76. The van der Waals surface area contributed by atoms with E-state index in [1.165, 1.54) is 37.9 Å². The fourth-order valence-corrected chi connectivity index (χ4v) is 4.54. The highest BCUT2D eigenvalue weighted by Gasteiger charge is 2.38. The van der Waals surface area contributed by atoms with Crippen LogP contribution < -0.4 is 5.32 Å². The van der Waals surface area contributed by atoms with Gasteiger partial charge >= 0.3 is 0 Å². The van der Waals surface area contributed by atoms with Crippen LogP contribution in [0.5, 0.6) is 0 Å². The van der Waals surface area contributed by atoms with Crippen molar-refractivity contribution < 1.29 is 4.74 Å². The van der Waals surface area contributed by atoms with Crippen LogP contribution in [0, 0.1) is 6.92 Å². The Morgan fingerprint density at radius 1 is 1.07 bits per heavy atom. The van der Waals surface area contributed by atoms with Crippen LogP contribution in [0.15, 0.2) is 36.5 Å². The van der Waals surface area contributed by atoms with Crippen molar-refractivity contribution in [2.75, 3.05) is 32.8 Å². The Hall–Kier alpha value is -1.69. The molecule has 0 atom stereocenters. The molecule has 0 saturated carbocycles. The molecule has 146 valence electrons. The predicted molar refractivity (Wildman–Crippen MR) is 108 cm³/mol. The molecule has 0 bridgehead atoms. The molecule has 1 aromatic carbocycles. The lowest BCUT2D eigenvalue weighted by molar-refractivity contribution is -0.0358. The molecule has 2 saturated heterocycles. The largest absolute Gasteiger partial charge is 0.381 e. The molecule has 0 unspecified atom stereocenters. The van der Waals surface area contributed by atoms with Crippen LogP contribution in [-0.2, 0) is 11.3 Å². The van der Waals surface area contributed by atoms with Crippen molar-refractivity contribution in [3.8, 4) is 5.69 Å². The maximum absolute atomic E-state index is 5.68. The number of hydrogen-bond donors (Lipinski definition) is 1. The fourth-order valence-electron chi connectivity index (χ4n) is 4.54. The molecule has 0 spiro atoms. The van der Waals surface area contributed by atoms with E-state index in [1.54, 1.807) is 0 Å². The summed E-state index contributed by atoms with van der Waals surface area (Å²) in [5, 5.41) is 8.46. The summed E-state index contributed by atoms with van der Waals surface area (Å²) in [4.78, 5) is 2.74. The first kappa shape index (κ1) is 18.7. The smallest absolute Gasteiger partial charge is 0.0645 e. The maximum atomic E-state index is 5.68. The second-order valence-electron chi connectivity index (χ2n) is 8.01. The zero-order valence-corrected chi connectivity index (χ0v) is 16.5. The topological polar surface area (TPSA) is 42.3 Å². The highest BCUT2D eigenvalue weighted by molar-refractivity contribution is 5.32. The maximum Gasteiger partial charge on any atom is 0.0645 e. The average Bonchev–Trinajstić information content (AvgIpc) is 3.11. The normalized spacial score (nSPS) is 20.6. The number of rotatable bonds is 6. The minimum absolute atomic E-state index is 0.266. The van der Waals surface area contributed by atoms with Gasteiger partial charge in [-0.05, 0) is 57.8 Å².